The highest BCUT2D eigenvalue weighted by molar-refractivity contribution is 7.80. The maximum absolute atomic E-state index is 5.54. The Kier molecular flexibility index (Phi) is 4.35. The number of thiocarbonyl (C=S) groups is 1. The lowest BCUT2D eigenvalue weighted by Crippen LogP contribution is -2.28. The smallest absolute Gasteiger partial charge is 0.107 e. The number of nitrogens with two attached hydrogens (primary N) is 1. The first-order valence-corrected chi connectivity index (χ1v) is 5.46. The molecule has 1 atom stereocenters. The van der Waals surface area contributed by atoms with Gasteiger partial charge in [0.15, 0.2) is 0 Å². The fourth-order valence-corrected chi connectivity index (χ4v) is 1.84. The van der Waals surface area contributed by atoms with Crippen molar-refractivity contribution in [3.63, 3.8) is 0 Å². The van der Waals surface area contributed by atoms with Gasteiger partial charge in [0, 0.05) is 4.88 Å². The minimum atomic E-state index is -0.0860. The largest absolute Gasteiger partial charge is 0.391 e. The zero-order valence-corrected chi connectivity index (χ0v) is 9.16. The van der Waals surface area contributed by atoms with Crippen molar-refractivity contribution in [3.8, 4) is 0 Å². The zero-order chi connectivity index (χ0) is 9.68. The Balaban J connectivity index is 2.36. The van der Waals surface area contributed by atoms with E-state index in [1.54, 1.807) is 11.3 Å². The topological polar surface area (TPSA) is 35.2 Å². The van der Waals surface area contributed by atoms with E-state index in [0.717, 1.165) is 6.42 Å². The van der Waals surface area contributed by atoms with Crippen molar-refractivity contribution in [3.05, 3.63) is 22.4 Å². The molecule has 13 heavy (non-hydrogen) atoms. The van der Waals surface area contributed by atoms with E-state index in [4.69, 9.17) is 22.7 Å². The van der Waals surface area contributed by atoms with Gasteiger partial charge in [0.05, 0.1) is 6.61 Å². The summed E-state index contributed by atoms with van der Waals surface area (Å²) in [5.41, 5.74) is 5.50. The minimum absolute atomic E-state index is 0.0860. The second-order valence-electron chi connectivity index (χ2n) is 2.69. The standard InChI is InChI=1S/C9H13NOS2/c1-2-8(9(10)12)11-6-7-4-3-5-13-7/h3-5,8H,2,6H2,1H3,(H2,10,12). The minimum Gasteiger partial charge on any atom is -0.391 e. The highest BCUT2D eigenvalue weighted by atomic mass is 32.1. The van der Waals surface area contributed by atoms with Gasteiger partial charge in [-0.25, -0.2) is 0 Å². The molecule has 0 saturated heterocycles. The predicted molar refractivity (Wildman–Crippen MR) is 60.0 cm³/mol. The van der Waals surface area contributed by atoms with E-state index in [2.05, 4.69) is 0 Å². The molecule has 0 aromatic carbocycles. The van der Waals surface area contributed by atoms with E-state index < -0.39 is 0 Å². The highest BCUT2D eigenvalue weighted by Crippen LogP contribution is 2.11. The van der Waals surface area contributed by atoms with Crippen molar-refractivity contribution in [1.82, 2.24) is 0 Å². The van der Waals surface area contributed by atoms with Crippen LogP contribution in [0.5, 0.6) is 0 Å². The summed E-state index contributed by atoms with van der Waals surface area (Å²) >= 11 is 6.55. The Labute approximate surface area is 87.7 Å². The molecule has 0 bridgehead atoms. The molecule has 0 aliphatic heterocycles. The Hall–Kier alpha value is -0.450. The van der Waals surface area contributed by atoms with Crippen LogP contribution in [0.4, 0.5) is 0 Å². The molecule has 0 aliphatic carbocycles. The zero-order valence-electron chi connectivity index (χ0n) is 7.53. The van der Waals surface area contributed by atoms with Crippen molar-refractivity contribution in [2.24, 2.45) is 5.73 Å². The fraction of sp³-hybridized carbons (Fsp3) is 0.444. The Morgan fingerprint density at radius 1 is 1.77 bits per heavy atom. The normalized spacial score (nSPS) is 12.7. The van der Waals surface area contributed by atoms with E-state index in [1.807, 2.05) is 24.4 Å². The number of hydrogen-bond donors (Lipinski definition) is 1. The van der Waals surface area contributed by atoms with Crippen LogP contribution in [0.15, 0.2) is 17.5 Å². The molecule has 1 aromatic heterocycles. The first kappa shape index (κ1) is 10.6. The molecule has 0 radical (unpaired) electrons. The first-order valence-electron chi connectivity index (χ1n) is 4.17. The number of ether oxygens (including phenoxy) is 1. The molecule has 4 heteroatoms. The summed E-state index contributed by atoms with van der Waals surface area (Å²) in [6.07, 6.45) is 0.748. The van der Waals surface area contributed by atoms with Gasteiger partial charge in [-0.3, -0.25) is 0 Å². The quantitative estimate of drug-likeness (QED) is 0.766. The molecule has 0 amide bonds. The van der Waals surface area contributed by atoms with Gasteiger partial charge >= 0.3 is 0 Å². The van der Waals surface area contributed by atoms with E-state index in [-0.39, 0.29) is 6.10 Å². The van der Waals surface area contributed by atoms with Gasteiger partial charge in [-0.05, 0) is 17.9 Å². The van der Waals surface area contributed by atoms with Crippen molar-refractivity contribution in [2.45, 2.75) is 26.1 Å². The molecule has 0 aliphatic rings. The Morgan fingerprint density at radius 3 is 3.00 bits per heavy atom. The summed E-state index contributed by atoms with van der Waals surface area (Å²) in [6, 6.07) is 4.04. The molecular formula is C9H13NOS2. The summed E-state index contributed by atoms with van der Waals surface area (Å²) in [5.74, 6) is 0. The van der Waals surface area contributed by atoms with Crippen LogP contribution in [0.1, 0.15) is 18.2 Å². The molecular weight excluding hydrogens is 202 g/mol. The van der Waals surface area contributed by atoms with Crippen LogP contribution in [0.3, 0.4) is 0 Å². The van der Waals surface area contributed by atoms with E-state index in [9.17, 15) is 0 Å². The van der Waals surface area contributed by atoms with Crippen LogP contribution in [-0.2, 0) is 11.3 Å². The van der Waals surface area contributed by atoms with Crippen molar-refractivity contribution < 1.29 is 4.74 Å². The first-order chi connectivity index (χ1) is 6.24. The molecule has 0 spiro atoms. The van der Waals surface area contributed by atoms with Gasteiger partial charge in [0.2, 0.25) is 0 Å². The third kappa shape index (κ3) is 3.42. The van der Waals surface area contributed by atoms with Crippen LogP contribution in [0.25, 0.3) is 0 Å². The molecule has 72 valence electrons. The maximum atomic E-state index is 5.54. The summed E-state index contributed by atoms with van der Waals surface area (Å²) in [7, 11) is 0. The van der Waals surface area contributed by atoms with Gasteiger partial charge in [-0.15, -0.1) is 11.3 Å². The van der Waals surface area contributed by atoms with Crippen molar-refractivity contribution in [1.29, 1.82) is 0 Å². The lowest BCUT2D eigenvalue weighted by Gasteiger charge is -2.13. The Morgan fingerprint density at radius 2 is 2.54 bits per heavy atom. The molecule has 1 aromatic rings. The summed E-state index contributed by atoms with van der Waals surface area (Å²) in [6.45, 7) is 2.62. The maximum Gasteiger partial charge on any atom is 0.107 e. The summed E-state index contributed by atoms with van der Waals surface area (Å²) < 4.78 is 5.54. The van der Waals surface area contributed by atoms with Gasteiger partial charge in [-0.2, -0.15) is 0 Å². The number of rotatable bonds is 5. The molecule has 1 rings (SSSR count). The average Bonchev–Trinajstić information content (AvgIpc) is 2.57. The lowest BCUT2D eigenvalue weighted by atomic mass is 10.3. The molecule has 0 saturated carbocycles. The number of hydrogen-bond acceptors (Lipinski definition) is 3. The second kappa shape index (κ2) is 5.32. The predicted octanol–water partition coefficient (Wildman–Crippen LogP) is 2.33. The van der Waals surface area contributed by atoms with Crippen LogP contribution in [0.2, 0.25) is 0 Å². The van der Waals surface area contributed by atoms with Crippen LogP contribution >= 0.6 is 23.6 Å². The molecule has 2 nitrogen and oxygen atoms in total. The summed E-state index contributed by atoms with van der Waals surface area (Å²) in [5, 5.41) is 2.03. The van der Waals surface area contributed by atoms with E-state index in [0.29, 0.717) is 11.6 Å². The average molecular weight is 215 g/mol. The lowest BCUT2D eigenvalue weighted by molar-refractivity contribution is 0.0848. The monoisotopic (exact) mass is 215 g/mol. The van der Waals surface area contributed by atoms with Crippen LogP contribution < -0.4 is 5.73 Å². The van der Waals surface area contributed by atoms with E-state index >= 15 is 0 Å². The Bertz CT molecular complexity index is 259. The number of thiophene rings is 1. The van der Waals surface area contributed by atoms with Crippen molar-refractivity contribution in [2.75, 3.05) is 0 Å². The van der Waals surface area contributed by atoms with Gasteiger partial charge < -0.3 is 10.5 Å². The van der Waals surface area contributed by atoms with Crippen LogP contribution in [-0.4, -0.2) is 11.1 Å². The summed E-state index contributed by atoms with van der Waals surface area (Å²) in [4.78, 5) is 1.65. The highest BCUT2D eigenvalue weighted by Gasteiger charge is 2.09. The van der Waals surface area contributed by atoms with Crippen molar-refractivity contribution >= 4 is 28.5 Å². The van der Waals surface area contributed by atoms with E-state index in [1.165, 1.54) is 4.88 Å². The van der Waals surface area contributed by atoms with Gasteiger partial charge in [0.25, 0.3) is 0 Å². The third-order valence-corrected chi connectivity index (χ3v) is 2.81. The molecule has 1 unspecified atom stereocenters. The van der Waals surface area contributed by atoms with Gasteiger partial charge in [-0.1, -0.05) is 25.2 Å². The molecule has 0 fully saturated rings. The molecule has 1 heterocycles. The van der Waals surface area contributed by atoms with Gasteiger partial charge in [0.1, 0.15) is 11.1 Å². The third-order valence-electron chi connectivity index (χ3n) is 1.70. The fourth-order valence-electron chi connectivity index (χ4n) is 0.979. The second-order valence-corrected chi connectivity index (χ2v) is 4.19. The SMILES string of the molecule is CCC(OCc1cccs1)C(N)=S. The molecule has 2 N–H and O–H groups in total. The van der Waals surface area contributed by atoms with Crippen LogP contribution in [0, 0.1) is 0 Å².